The summed E-state index contributed by atoms with van der Waals surface area (Å²) in [6.45, 7) is 10.5. The fraction of sp³-hybridized carbons (Fsp3) is 0.562. The second kappa shape index (κ2) is 8.46. The zero-order chi connectivity index (χ0) is 15.0. The number of nitrogens with zero attached hydrogens (tertiary/aromatic N) is 1. The molecule has 1 rings (SSSR count). The minimum Gasteiger partial charge on any atom is -0.466 e. The highest BCUT2D eigenvalue weighted by Gasteiger charge is 2.09. The fourth-order valence-corrected chi connectivity index (χ4v) is 2.16. The average Bonchev–Trinajstić information content (AvgIpc) is 2.42. The van der Waals surface area contributed by atoms with E-state index in [2.05, 4.69) is 48.3 Å². The highest BCUT2D eigenvalue weighted by Crippen LogP contribution is 2.18. The molecule has 4 heteroatoms. The summed E-state index contributed by atoms with van der Waals surface area (Å²) in [6, 6.07) is 8.37. The van der Waals surface area contributed by atoms with Gasteiger partial charge in [-0.2, -0.15) is 0 Å². The molecular weight excluding hydrogens is 252 g/mol. The van der Waals surface area contributed by atoms with E-state index < -0.39 is 0 Å². The van der Waals surface area contributed by atoms with Crippen molar-refractivity contribution in [1.29, 1.82) is 0 Å². The van der Waals surface area contributed by atoms with Gasteiger partial charge in [-0.1, -0.05) is 0 Å². The van der Waals surface area contributed by atoms with Crippen LogP contribution in [0.5, 0.6) is 0 Å². The third-order valence-corrected chi connectivity index (χ3v) is 3.19. The van der Waals surface area contributed by atoms with E-state index in [-0.39, 0.29) is 12.0 Å². The Bertz CT molecular complexity index is 399. The molecule has 0 spiro atoms. The Labute approximate surface area is 122 Å². The molecule has 20 heavy (non-hydrogen) atoms. The van der Waals surface area contributed by atoms with Crippen LogP contribution < -0.4 is 10.2 Å². The first kappa shape index (κ1) is 16.3. The normalized spacial score (nSPS) is 11.8. The molecule has 1 unspecified atom stereocenters. The SMILES string of the molecule is CCOC(=O)CC(C)Nc1ccc(N(CC)CC)cc1. The van der Waals surface area contributed by atoms with Crippen molar-refractivity contribution in [1.82, 2.24) is 0 Å². The maximum Gasteiger partial charge on any atom is 0.307 e. The molecular formula is C16H26N2O2. The smallest absolute Gasteiger partial charge is 0.307 e. The summed E-state index contributed by atoms with van der Waals surface area (Å²) in [5.74, 6) is -0.160. The van der Waals surface area contributed by atoms with E-state index >= 15 is 0 Å². The molecule has 0 heterocycles. The Hall–Kier alpha value is -1.71. The Morgan fingerprint density at radius 1 is 1.20 bits per heavy atom. The van der Waals surface area contributed by atoms with Gasteiger partial charge >= 0.3 is 5.97 Å². The number of nitrogens with one attached hydrogen (secondary N) is 1. The van der Waals surface area contributed by atoms with Crippen LogP contribution in [0.2, 0.25) is 0 Å². The number of benzene rings is 1. The van der Waals surface area contributed by atoms with Crippen LogP contribution in [0.3, 0.4) is 0 Å². The zero-order valence-corrected chi connectivity index (χ0v) is 13.0. The van der Waals surface area contributed by atoms with E-state index in [1.807, 2.05) is 13.8 Å². The van der Waals surface area contributed by atoms with E-state index in [0.29, 0.717) is 13.0 Å². The number of carbonyl (C=O) groups excluding carboxylic acids is 1. The van der Waals surface area contributed by atoms with E-state index in [1.165, 1.54) is 5.69 Å². The summed E-state index contributed by atoms with van der Waals surface area (Å²) in [5, 5.41) is 3.31. The Balaban J connectivity index is 2.54. The minimum absolute atomic E-state index is 0.0633. The molecule has 4 nitrogen and oxygen atoms in total. The van der Waals surface area contributed by atoms with Gasteiger partial charge < -0.3 is 15.0 Å². The summed E-state index contributed by atoms with van der Waals surface area (Å²) in [7, 11) is 0. The largest absolute Gasteiger partial charge is 0.466 e. The number of rotatable bonds is 8. The van der Waals surface area contributed by atoms with Crippen molar-refractivity contribution in [2.24, 2.45) is 0 Å². The van der Waals surface area contributed by atoms with Crippen LogP contribution in [0.4, 0.5) is 11.4 Å². The van der Waals surface area contributed by atoms with Crippen LogP contribution in [0.25, 0.3) is 0 Å². The third kappa shape index (κ3) is 5.11. The van der Waals surface area contributed by atoms with E-state index in [0.717, 1.165) is 18.8 Å². The maximum absolute atomic E-state index is 11.4. The topological polar surface area (TPSA) is 41.6 Å². The highest BCUT2D eigenvalue weighted by molar-refractivity contribution is 5.70. The summed E-state index contributed by atoms with van der Waals surface area (Å²) in [4.78, 5) is 13.7. The van der Waals surface area contributed by atoms with Gasteiger partial charge in [0, 0.05) is 30.5 Å². The van der Waals surface area contributed by atoms with Gasteiger partial charge in [0.05, 0.1) is 13.0 Å². The van der Waals surface area contributed by atoms with Crippen molar-refractivity contribution >= 4 is 17.3 Å². The van der Waals surface area contributed by atoms with Gasteiger partial charge in [0.1, 0.15) is 0 Å². The number of esters is 1. The lowest BCUT2D eigenvalue weighted by atomic mass is 10.2. The van der Waals surface area contributed by atoms with Crippen molar-refractivity contribution in [3.05, 3.63) is 24.3 Å². The molecule has 0 saturated heterocycles. The minimum atomic E-state index is -0.160. The van der Waals surface area contributed by atoms with Crippen molar-refractivity contribution in [3.63, 3.8) is 0 Å². The maximum atomic E-state index is 11.4. The summed E-state index contributed by atoms with van der Waals surface area (Å²) in [6.07, 6.45) is 0.381. The monoisotopic (exact) mass is 278 g/mol. The molecule has 0 fully saturated rings. The van der Waals surface area contributed by atoms with Gasteiger partial charge in [0.15, 0.2) is 0 Å². The number of hydrogen-bond acceptors (Lipinski definition) is 4. The lowest BCUT2D eigenvalue weighted by Crippen LogP contribution is -2.22. The molecule has 0 aromatic heterocycles. The summed E-state index contributed by atoms with van der Waals surface area (Å²) >= 11 is 0. The van der Waals surface area contributed by atoms with Crippen molar-refractivity contribution < 1.29 is 9.53 Å². The van der Waals surface area contributed by atoms with Crippen LogP contribution >= 0.6 is 0 Å². The van der Waals surface area contributed by atoms with Gasteiger partial charge in [0.25, 0.3) is 0 Å². The van der Waals surface area contributed by atoms with Gasteiger partial charge in [-0.15, -0.1) is 0 Å². The average molecular weight is 278 g/mol. The zero-order valence-electron chi connectivity index (χ0n) is 13.0. The van der Waals surface area contributed by atoms with Crippen molar-refractivity contribution in [2.45, 2.75) is 40.2 Å². The molecule has 112 valence electrons. The predicted octanol–water partition coefficient (Wildman–Crippen LogP) is 3.29. The molecule has 0 aliphatic rings. The Kier molecular flexibility index (Phi) is 6.91. The lowest BCUT2D eigenvalue weighted by Gasteiger charge is -2.21. The van der Waals surface area contributed by atoms with Gasteiger partial charge in [-0.05, 0) is 52.0 Å². The number of hydrogen-bond donors (Lipinski definition) is 1. The second-order valence-corrected chi connectivity index (χ2v) is 4.77. The number of ether oxygens (including phenoxy) is 1. The summed E-state index contributed by atoms with van der Waals surface area (Å²) in [5.41, 5.74) is 2.25. The van der Waals surface area contributed by atoms with Crippen LogP contribution in [0.15, 0.2) is 24.3 Å². The molecule has 1 atom stereocenters. The van der Waals surface area contributed by atoms with Crippen molar-refractivity contribution in [3.8, 4) is 0 Å². The second-order valence-electron chi connectivity index (χ2n) is 4.77. The van der Waals surface area contributed by atoms with Gasteiger partial charge in [-0.25, -0.2) is 0 Å². The van der Waals surface area contributed by atoms with Crippen LogP contribution in [0, 0.1) is 0 Å². The predicted molar refractivity (Wildman–Crippen MR) is 84.3 cm³/mol. The quantitative estimate of drug-likeness (QED) is 0.741. The van der Waals surface area contributed by atoms with Crippen LogP contribution in [0.1, 0.15) is 34.1 Å². The molecule has 0 aliphatic heterocycles. The molecule has 1 aromatic rings. The van der Waals surface area contributed by atoms with E-state index in [9.17, 15) is 4.79 Å². The molecule has 0 aliphatic carbocycles. The van der Waals surface area contributed by atoms with Gasteiger partial charge in [0.2, 0.25) is 0 Å². The summed E-state index contributed by atoms with van der Waals surface area (Å²) < 4.78 is 4.94. The molecule has 0 saturated carbocycles. The molecule has 0 amide bonds. The third-order valence-electron chi connectivity index (χ3n) is 3.19. The molecule has 1 N–H and O–H groups in total. The molecule has 1 aromatic carbocycles. The van der Waals surface area contributed by atoms with E-state index in [4.69, 9.17) is 4.74 Å². The number of anilines is 2. The van der Waals surface area contributed by atoms with Crippen LogP contribution in [-0.4, -0.2) is 31.7 Å². The van der Waals surface area contributed by atoms with Crippen LogP contribution in [-0.2, 0) is 9.53 Å². The Morgan fingerprint density at radius 2 is 1.80 bits per heavy atom. The fourth-order valence-electron chi connectivity index (χ4n) is 2.16. The van der Waals surface area contributed by atoms with E-state index in [1.54, 1.807) is 0 Å². The first-order valence-corrected chi connectivity index (χ1v) is 7.37. The Morgan fingerprint density at radius 3 is 2.30 bits per heavy atom. The lowest BCUT2D eigenvalue weighted by molar-refractivity contribution is -0.143. The molecule has 0 radical (unpaired) electrons. The first-order chi connectivity index (χ1) is 9.60. The van der Waals surface area contributed by atoms with Crippen molar-refractivity contribution in [2.75, 3.05) is 29.9 Å². The standard InChI is InChI=1S/C16H26N2O2/c1-5-18(6-2)15-10-8-14(9-11-15)17-13(4)12-16(19)20-7-3/h8-11,13,17H,5-7,12H2,1-4H3. The van der Waals surface area contributed by atoms with Gasteiger partial charge in [-0.3, -0.25) is 4.79 Å². The highest BCUT2D eigenvalue weighted by atomic mass is 16.5. The molecule has 0 bridgehead atoms. The first-order valence-electron chi connectivity index (χ1n) is 7.37. The number of carbonyl (C=O) groups is 1.